The predicted molar refractivity (Wildman–Crippen MR) is 83.7 cm³/mol. The number of hydrogen-bond donors (Lipinski definition) is 1. The molecular weight excluding hydrogens is 330 g/mol. The highest BCUT2D eigenvalue weighted by Crippen LogP contribution is 2.34. The zero-order valence-corrected chi connectivity index (χ0v) is 13.0. The fourth-order valence-corrected chi connectivity index (χ4v) is 3.21. The Morgan fingerprint density at radius 2 is 1.92 bits per heavy atom. The monoisotopic (exact) mass is 344 g/mol. The van der Waals surface area contributed by atoms with E-state index in [1.807, 2.05) is 0 Å². The molecule has 3 aromatic rings. The summed E-state index contributed by atoms with van der Waals surface area (Å²) in [5, 5.41) is 10.0. The number of aliphatic hydroxyl groups is 1. The third-order valence-electron chi connectivity index (χ3n) is 4.38. The van der Waals surface area contributed by atoms with Crippen molar-refractivity contribution < 1.29 is 18.7 Å². The molecule has 1 aromatic carbocycles. The molecule has 6 nitrogen and oxygen atoms in total. The lowest BCUT2D eigenvalue weighted by Gasteiger charge is -2.24. The van der Waals surface area contributed by atoms with Crippen molar-refractivity contribution in [2.45, 2.75) is 18.6 Å². The second-order valence-corrected chi connectivity index (χ2v) is 5.97. The lowest BCUT2D eigenvalue weighted by atomic mass is 10.0. The van der Waals surface area contributed by atoms with Gasteiger partial charge in [0.05, 0.1) is 12.1 Å². The first-order valence-electron chi connectivity index (χ1n) is 7.76. The second-order valence-electron chi connectivity index (χ2n) is 5.97. The average Bonchev–Trinajstić information content (AvgIpc) is 3.22. The summed E-state index contributed by atoms with van der Waals surface area (Å²) in [7, 11) is 0. The van der Waals surface area contributed by atoms with E-state index in [1.165, 1.54) is 17.2 Å². The number of hydrogen-bond acceptors (Lipinski definition) is 4. The van der Waals surface area contributed by atoms with E-state index in [0.29, 0.717) is 11.2 Å². The molecule has 4 rings (SSSR count). The maximum Gasteiger partial charge on any atom is 0.276 e. The van der Waals surface area contributed by atoms with Gasteiger partial charge in [-0.2, -0.15) is 0 Å². The Balaban J connectivity index is 1.73. The van der Waals surface area contributed by atoms with Crippen LogP contribution in [0.4, 0.5) is 8.78 Å². The van der Waals surface area contributed by atoms with Crippen LogP contribution in [-0.4, -0.2) is 42.9 Å². The van der Waals surface area contributed by atoms with Crippen LogP contribution < -0.4 is 0 Å². The molecule has 0 bridgehead atoms. The van der Waals surface area contributed by atoms with E-state index >= 15 is 0 Å². The maximum atomic E-state index is 13.6. The van der Waals surface area contributed by atoms with E-state index in [1.54, 1.807) is 23.0 Å². The number of imidazole rings is 1. The highest BCUT2D eigenvalue weighted by molar-refractivity contribution is 5.98. The molecule has 3 heterocycles. The van der Waals surface area contributed by atoms with Gasteiger partial charge in [-0.05, 0) is 24.1 Å². The van der Waals surface area contributed by atoms with E-state index in [2.05, 4.69) is 9.97 Å². The summed E-state index contributed by atoms with van der Waals surface area (Å²) < 4.78 is 28.4. The van der Waals surface area contributed by atoms with Gasteiger partial charge in [-0.3, -0.25) is 4.79 Å². The Kier molecular flexibility index (Phi) is 3.69. The first-order valence-corrected chi connectivity index (χ1v) is 7.76. The summed E-state index contributed by atoms with van der Waals surface area (Å²) in [6.07, 6.45) is 5.90. The Bertz CT molecular complexity index is 959. The summed E-state index contributed by atoms with van der Waals surface area (Å²) in [5.41, 5.74) is 0.978. The van der Waals surface area contributed by atoms with E-state index in [0.717, 1.165) is 12.1 Å². The minimum Gasteiger partial charge on any atom is -0.391 e. The van der Waals surface area contributed by atoms with Crippen LogP contribution in [0.25, 0.3) is 5.65 Å². The maximum absolute atomic E-state index is 13.6. The van der Waals surface area contributed by atoms with Crippen molar-refractivity contribution >= 4 is 11.6 Å². The quantitative estimate of drug-likeness (QED) is 0.771. The number of aromatic nitrogens is 3. The van der Waals surface area contributed by atoms with Crippen LogP contribution in [-0.2, 0) is 0 Å². The molecule has 0 unspecified atom stereocenters. The molecule has 0 radical (unpaired) electrons. The SMILES string of the molecule is O=C(c1nccn2ccnc12)N1C[C@@H](O)C[C@H]1c1ccc(F)c(F)c1. The molecule has 0 spiro atoms. The Labute approximate surface area is 141 Å². The molecule has 8 heteroatoms. The van der Waals surface area contributed by atoms with Crippen LogP contribution in [0.3, 0.4) is 0 Å². The van der Waals surface area contributed by atoms with Gasteiger partial charge in [-0.1, -0.05) is 6.07 Å². The number of halogens is 2. The van der Waals surface area contributed by atoms with Crippen LogP contribution in [0, 0.1) is 11.6 Å². The topological polar surface area (TPSA) is 70.7 Å². The van der Waals surface area contributed by atoms with Gasteiger partial charge in [0, 0.05) is 31.3 Å². The van der Waals surface area contributed by atoms with Crippen molar-refractivity contribution in [3.63, 3.8) is 0 Å². The molecule has 0 aliphatic carbocycles. The molecule has 2 aromatic heterocycles. The van der Waals surface area contributed by atoms with Crippen LogP contribution >= 0.6 is 0 Å². The molecular formula is C17H14F2N4O2. The minimum absolute atomic E-state index is 0.0892. The summed E-state index contributed by atoms with van der Waals surface area (Å²) in [6, 6.07) is 2.94. The fourth-order valence-electron chi connectivity index (χ4n) is 3.21. The summed E-state index contributed by atoms with van der Waals surface area (Å²) in [4.78, 5) is 22.6. The number of amides is 1. The number of carbonyl (C=O) groups excluding carboxylic acids is 1. The number of fused-ring (bicyclic) bond motifs is 1. The Morgan fingerprint density at radius 1 is 1.16 bits per heavy atom. The van der Waals surface area contributed by atoms with Gasteiger partial charge < -0.3 is 14.4 Å². The zero-order chi connectivity index (χ0) is 17.6. The Hall–Kier alpha value is -2.87. The van der Waals surface area contributed by atoms with Crippen molar-refractivity contribution in [2.24, 2.45) is 0 Å². The van der Waals surface area contributed by atoms with Crippen LogP contribution in [0.2, 0.25) is 0 Å². The van der Waals surface area contributed by atoms with Crippen molar-refractivity contribution in [1.82, 2.24) is 19.3 Å². The number of carbonyl (C=O) groups is 1. The summed E-state index contributed by atoms with van der Waals surface area (Å²) in [5.74, 6) is -2.35. The van der Waals surface area contributed by atoms with E-state index in [-0.39, 0.29) is 18.7 Å². The van der Waals surface area contributed by atoms with Crippen molar-refractivity contribution in [2.75, 3.05) is 6.54 Å². The van der Waals surface area contributed by atoms with Gasteiger partial charge in [0.2, 0.25) is 0 Å². The molecule has 1 N–H and O–H groups in total. The fraction of sp³-hybridized carbons (Fsp3) is 0.235. The van der Waals surface area contributed by atoms with Gasteiger partial charge in [0.1, 0.15) is 0 Å². The van der Waals surface area contributed by atoms with Gasteiger partial charge in [-0.15, -0.1) is 0 Å². The molecule has 1 saturated heterocycles. The lowest BCUT2D eigenvalue weighted by Crippen LogP contribution is -2.32. The molecule has 1 aliphatic heterocycles. The van der Waals surface area contributed by atoms with Crippen molar-refractivity contribution in [3.8, 4) is 0 Å². The third kappa shape index (κ3) is 2.64. The molecule has 25 heavy (non-hydrogen) atoms. The van der Waals surface area contributed by atoms with Crippen molar-refractivity contribution in [1.29, 1.82) is 0 Å². The van der Waals surface area contributed by atoms with Crippen LogP contribution in [0.15, 0.2) is 43.0 Å². The largest absolute Gasteiger partial charge is 0.391 e. The number of nitrogens with zero attached hydrogens (tertiary/aromatic N) is 4. The summed E-state index contributed by atoms with van der Waals surface area (Å²) >= 11 is 0. The number of likely N-dealkylation sites (tertiary alicyclic amines) is 1. The van der Waals surface area contributed by atoms with E-state index < -0.39 is 29.7 Å². The number of rotatable bonds is 2. The minimum atomic E-state index is -0.986. The second kappa shape index (κ2) is 5.89. The standard InChI is InChI=1S/C17H14F2N4O2/c18-12-2-1-10(7-13(12)19)14-8-11(24)9-23(14)17(25)15-16-21-4-6-22(16)5-3-20-15/h1-7,11,14,24H,8-9H2/t11-,14-/m0/s1. The molecule has 1 aliphatic rings. The van der Waals surface area contributed by atoms with Gasteiger partial charge in [0.15, 0.2) is 23.0 Å². The first-order chi connectivity index (χ1) is 12.0. The van der Waals surface area contributed by atoms with Crippen molar-refractivity contribution in [3.05, 3.63) is 65.9 Å². The smallest absolute Gasteiger partial charge is 0.276 e. The Morgan fingerprint density at radius 3 is 2.68 bits per heavy atom. The average molecular weight is 344 g/mol. The highest BCUT2D eigenvalue weighted by atomic mass is 19.2. The highest BCUT2D eigenvalue weighted by Gasteiger charge is 2.37. The van der Waals surface area contributed by atoms with Crippen LogP contribution in [0.1, 0.15) is 28.5 Å². The number of aliphatic hydroxyl groups excluding tert-OH is 1. The van der Waals surface area contributed by atoms with E-state index in [4.69, 9.17) is 0 Å². The van der Waals surface area contributed by atoms with Gasteiger partial charge >= 0.3 is 0 Å². The molecule has 2 atom stereocenters. The normalized spacial score (nSPS) is 20.4. The molecule has 128 valence electrons. The van der Waals surface area contributed by atoms with E-state index in [9.17, 15) is 18.7 Å². The zero-order valence-electron chi connectivity index (χ0n) is 13.0. The number of benzene rings is 1. The first kappa shape index (κ1) is 15.6. The van der Waals surface area contributed by atoms with Gasteiger partial charge in [-0.25, -0.2) is 18.7 Å². The molecule has 1 amide bonds. The summed E-state index contributed by atoms with van der Waals surface area (Å²) in [6.45, 7) is 0.0892. The van der Waals surface area contributed by atoms with Gasteiger partial charge in [0.25, 0.3) is 5.91 Å². The predicted octanol–water partition coefficient (Wildman–Crippen LogP) is 1.96. The lowest BCUT2D eigenvalue weighted by molar-refractivity contribution is 0.0711. The molecule has 0 saturated carbocycles. The van der Waals surface area contributed by atoms with Crippen LogP contribution in [0.5, 0.6) is 0 Å². The third-order valence-corrected chi connectivity index (χ3v) is 4.38. The molecule has 1 fully saturated rings. The number of β-amino-alcohol motifs (C(OH)–C–C–N with tert-alkyl or cyclic N) is 1.